The first kappa shape index (κ1) is 16.9. The van der Waals surface area contributed by atoms with Crippen LogP contribution in [-0.4, -0.2) is 64.4 Å². The Labute approximate surface area is 132 Å². The van der Waals surface area contributed by atoms with E-state index in [4.69, 9.17) is 0 Å². The Bertz CT molecular complexity index is 554. The third-order valence-corrected chi connectivity index (χ3v) is 7.28. The average molecular weight is 332 g/mol. The molecule has 1 aromatic rings. The first-order chi connectivity index (χ1) is 9.95. The molecule has 0 radical (unpaired) electrons. The number of sulfonamides is 1. The zero-order valence-electron chi connectivity index (χ0n) is 13.0. The van der Waals surface area contributed by atoms with Crippen molar-refractivity contribution in [2.45, 2.75) is 29.5 Å². The molecular weight excluding hydrogens is 306 g/mol. The molecule has 0 aromatic carbocycles. The molecule has 7 heteroatoms. The third-order valence-electron chi connectivity index (χ3n) is 3.72. The molecule has 0 aliphatic carbocycles. The molecule has 120 valence electrons. The van der Waals surface area contributed by atoms with E-state index in [1.165, 1.54) is 11.3 Å². The summed E-state index contributed by atoms with van der Waals surface area (Å²) < 4.78 is 27.8. The van der Waals surface area contributed by atoms with Gasteiger partial charge in [-0.1, -0.05) is 0 Å². The smallest absolute Gasteiger partial charge is 0.252 e. The van der Waals surface area contributed by atoms with Gasteiger partial charge in [-0.05, 0) is 59.1 Å². The van der Waals surface area contributed by atoms with Crippen LogP contribution >= 0.6 is 11.3 Å². The first-order valence-corrected chi connectivity index (χ1v) is 9.60. The van der Waals surface area contributed by atoms with E-state index < -0.39 is 10.0 Å². The van der Waals surface area contributed by atoms with E-state index in [0.717, 1.165) is 37.2 Å². The second-order valence-corrected chi connectivity index (χ2v) is 9.03. The van der Waals surface area contributed by atoms with Crippen molar-refractivity contribution in [3.05, 3.63) is 17.0 Å². The standard InChI is InChI=1S/C14H25N3O2S2/c1-15-9-8-13-6-7-14(20-13)21(18,19)17-10-4-5-12(17)11-16(2)3/h6-7,12,15H,4-5,8-11H2,1-3H3. The third kappa shape index (κ3) is 4.04. The summed E-state index contributed by atoms with van der Waals surface area (Å²) in [6.45, 7) is 2.30. The number of nitrogens with zero attached hydrogens (tertiary/aromatic N) is 2. The summed E-state index contributed by atoms with van der Waals surface area (Å²) in [5.41, 5.74) is 0. The maximum Gasteiger partial charge on any atom is 0.252 e. The number of nitrogens with one attached hydrogen (secondary N) is 1. The molecule has 2 heterocycles. The molecule has 1 atom stereocenters. The molecule has 21 heavy (non-hydrogen) atoms. The summed E-state index contributed by atoms with van der Waals surface area (Å²) in [5, 5.41) is 3.09. The second-order valence-electron chi connectivity index (χ2n) is 5.75. The molecule has 1 aromatic heterocycles. The molecule has 5 nitrogen and oxygen atoms in total. The number of thiophene rings is 1. The van der Waals surface area contributed by atoms with Gasteiger partial charge in [-0.3, -0.25) is 0 Å². The van der Waals surface area contributed by atoms with Gasteiger partial charge in [0.2, 0.25) is 0 Å². The van der Waals surface area contributed by atoms with Crippen LogP contribution in [0.1, 0.15) is 17.7 Å². The minimum atomic E-state index is -3.33. The van der Waals surface area contributed by atoms with Crippen LogP contribution < -0.4 is 5.32 Å². The highest BCUT2D eigenvalue weighted by atomic mass is 32.2. The minimum absolute atomic E-state index is 0.104. The lowest BCUT2D eigenvalue weighted by Crippen LogP contribution is -2.40. The van der Waals surface area contributed by atoms with Gasteiger partial charge in [0, 0.05) is 24.0 Å². The van der Waals surface area contributed by atoms with E-state index in [1.54, 1.807) is 10.4 Å². The molecule has 1 saturated heterocycles. The predicted molar refractivity (Wildman–Crippen MR) is 87.4 cm³/mol. The molecule has 1 aliphatic heterocycles. The average Bonchev–Trinajstić information content (AvgIpc) is 3.04. The van der Waals surface area contributed by atoms with Crippen molar-refractivity contribution >= 4 is 21.4 Å². The zero-order valence-corrected chi connectivity index (χ0v) is 14.6. The van der Waals surface area contributed by atoms with Crippen LogP contribution in [0.15, 0.2) is 16.3 Å². The van der Waals surface area contributed by atoms with Gasteiger partial charge >= 0.3 is 0 Å². The van der Waals surface area contributed by atoms with Crippen LogP contribution in [0.5, 0.6) is 0 Å². The minimum Gasteiger partial charge on any atom is -0.319 e. The molecule has 1 unspecified atom stereocenters. The lowest BCUT2D eigenvalue weighted by molar-refractivity contribution is 0.291. The molecule has 2 rings (SSSR count). The van der Waals surface area contributed by atoms with E-state index in [1.807, 2.05) is 27.2 Å². The Morgan fingerprint density at radius 3 is 2.86 bits per heavy atom. The molecule has 1 N–H and O–H groups in total. The molecular formula is C14H25N3O2S2. The molecule has 1 fully saturated rings. The van der Waals surface area contributed by atoms with Crippen molar-refractivity contribution in [2.24, 2.45) is 0 Å². The molecule has 0 saturated carbocycles. The van der Waals surface area contributed by atoms with Crippen LogP contribution in [0.3, 0.4) is 0 Å². The molecule has 0 amide bonds. The van der Waals surface area contributed by atoms with E-state index in [2.05, 4.69) is 10.2 Å². The van der Waals surface area contributed by atoms with Crippen LogP contribution in [0.25, 0.3) is 0 Å². The summed E-state index contributed by atoms with van der Waals surface area (Å²) in [6.07, 6.45) is 2.78. The summed E-state index contributed by atoms with van der Waals surface area (Å²) in [6, 6.07) is 3.80. The topological polar surface area (TPSA) is 52.7 Å². The number of rotatable bonds is 7. The van der Waals surface area contributed by atoms with Gasteiger partial charge in [0.25, 0.3) is 10.0 Å². The normalized spacial score (nSPS) is 20.5. The van der Waals surface area contributed by atoms with Crippen molar-refractivity contribution in [1.82, 2.24) is 14.5 Å². The molecule has 0 spiro atoms. The van der Waals surface area contributed by atoms with E-state index in [9.17, 15) is 8.42 Å². The largest absolute Gasteiger partial charge is 0.319 e. The zero-order chi connectivity index (χ0) is 15.5. The van der Waals surface area contributed by atoms with Crippen LogP contribution in [-0.2, 0) is 16.4 Å². The van der Waals surface area contributed by atoms with Crippen molar-refractivity contribution in [1.29, 1.82) is 0 Å². The first-order valence-electron chi connectivity index (χ1n) is 7.35. The van der Waals surface area contributed by atoms with Crippen LogP contribution in [0, 0.1) is 0 Å². The summed E-state index contributed by atoms with van der Waals surface area (Å²) in [7, 11) is 2.55. The number of hydrogen-bond acceptors (Lipinski definition) is 5. The highest BCUT2D eigenvalue weighted by Crippen LogP contribution is 2.30. The lowest BCUT2D eigenvalue weighted by atomic mass is 10.2. The second kappa shape index (κ2) is 7.19. The maximum absolute atomic E-state index is 12.8. The Hall–Kier alpha value is -0.470. The summed E-state index contributed by atoms with van der Waals surface area (Å²) in [5.74, 6) is 0. The Morgan fingerprint density at radius 2 is 2.19 bits per heavy atom. The van der Waals surface area contributed by atoms with Crippen LogP contribution in [0.2, 0.25) is 0 Å². The van der Waals surface area contributed by atoms with Crippen molar-refractivity contribution in [3.8, 4) is 0 Å². The predicted octanol–water partition coefficient (Wildman–Crippen LogP) is 1.22. The fraction of sp³-hybridized carbons (Fsp3) is 0.714. The van der Waals surface area contributed by atoms with E-state index in [-0.39, 0.29) is 6.04 Å². The Morgan fingerprint density at radius 1 is 1.43 bits per heavy atom. The number of hydrogen-bond donors (Lipinski definition) is 1. The summed E-state index contributed by atoms with van der Waals surface area (Å²) in [4.78, 5) is 3.18. The SMILES string of the molecule is CNCCc1ccc(S(=O)(=O)N2CCCC2CN(C)C)s1. The van der Waals surface area contributed by atoms with Gasteiger partial charge in [-0.2, -0.15) is 4.31 Å². The Kier molecular flexibility index (Phi) is 5.79. The van der Waals surface area contributed by atoms with Gasteiger partial charge in [-0.15, -0.1) is 11.3 Å². The lowest BCUT2D eigenvalue weighted by Gasteiger charge is -2.25. The highest BCUT2D eigenvalue weighted by molar-refractivity contribution is 7.91. The quantitative estimate of drug-likeness (QED) is 0.816. The number of likely N-dealkylation sites (N-methyl/N-ethyl adjacent to an activating group) is 2. The van der Waals surface area contributed by atoms with Crippen molar-refractivity contribution < 1.29 is 8.42 Å². The molecule has 0 bridgehead atoms. The van der Waals surface area contributed by atoms with Crippen molar-refractivity contribution in [3.63, 3.8) is 0 Å². The van der Waals surface area contributed by atoms with Gasteiger partial charge < -0.3 is 10.2 Å². The van der Waals surface area contributed by atoms with E-state index >= 15 is 0 Å². The van der Waals surface area contributed by atoms with Gasteiger partial charge in [0.15, 0.2) is 0 Å². The van der Waals surface area contributed by atoms with Gasteiger partial charge in [0.1, 0.15) is 4.21 Å². The van der Waals surface area contributed by atoms with Gasteiger partial charge in [-0.25, -0.2) is 8.42 Å². The fourth-order valence-electron chi connectivity index (χ4n) is 2.72. The van der Waals surface area contributed by atoms with Crippen molar-refractivity contribution in [2.75, 3.05) is 40.8 Å². The maximum atomic E-state index is 12.8. The summed E-state index contributed by atoms with van der Waals surface area (Å²) >= 11 is 1.40. The van der Waals surface area contributed by atoms with Gasteiger partial charge in [0.05, 0.1) is 0 Å². The highest BCUT2D eigenvalue weighted by Gasteiger charge is 2.36. The molecule has 1 aliphatic rings. The fourth-order valence-corrected chi connectivity index (χ4v) is 5.89. The Balaban J connectivity index is 2.15. The van der Waals surface area contributed by atoms with E-state index in [0.29, 0.717) is 10.8 Å². The van der Waals surface area contributed by atoms with Crippen LogP contribution in [0.4, 0.5) is 0 Å². The monoisotopic (exact) mass is 331 g/mol.